The first-order valence-corrected chi connectivity index (χ1v) is 28.0. The molecule has 0 aliphatic rings. The smallest absolute Gasteiger partial charge is 0.0654 e. The molecule has 0 aliphatic carbocycles. The summed E-state index contributed by atoms with van der Waals surface area (Å²) in [5.41, 5.74) is 0. The molecule has 0 aromatic rings. The van der Waals surface area contributed by atoms with Crippen LogP contribution in [0.5, 0.6) is 0 Å². The van der Waals surface area contributed by atoms with Gasteiger partial charge in [-0.2, -0.15) is 0 Å². The van der Waals surface area contributed by atoms with Gasteiger partial charge in [-0.3, -0.25) is 0 Å². The van der Waals surface area contributed by atoms with Gasteiger partial charge in [-0.1, -0.05) is 26.7 Å². The van der Waals surface area contributed by atoms with Gasteiger partial charge in [0.1, 0.15) is 0 Å². The zero-order valence-corrected chi connectivity index (χ0v) is 27.1. The van der Waals surface area contributed by atoms with E-state index in [0.29, 0.717) is 0 Å². The topological polar surface area (TPSA) is 0 Å². The first kappa shape index (κ1) is 32.7. The van der Waals surface area contributed by atoms with E-state index < -0.39 is 13.8 Å². The van der Waals surface area contributed by atoms with Crippen molar-refractivity contribution in [3.63, 3.8) is 0 Å². The molecule has 0 amide bonds. The molecule has 0 nitrogen and oxygen atoms in total. The van der Waals surface area contributed by atoms with E-state index in [1.807, 2.05) is 0 Å². The van der Waals surface area contributed by atoms with Gasteiger partial charge in [0, 0.05) is 0 Å². The van der Waals surface area contributed by atoms with Crippen molar-refractivity contribution >= 4 is 39.3 Å². The molecule has 0 N–H and O–H groups in total. The summed E-state index contributed by atoms with van der Waals surface area (Å²) in [5.74, 6) is 0. The molecule has 0 fully saturated rings. The molecule has 0 saturated carbocycles. The van der Waals surface area contributed by atoms with E-state index in [4.69, 9.17) is 0 Å². The van der Waals surface area contributed by atoms with E-state index in [1.165, 1.54) is 163 Å². The van der Waals surface area contributed by atoms with Crippen molar-refractivity contribution in [3.8, 4) is 0 Å². The molecule has 0 heterocycles. The Morgan fingerprint density at radius 3 is 0.742 bits per heavy atom. The molecule has 0 bridgehead atoms. The van der Waals surface area contributed by atoms with Crippen LogP contribution < -0.4 is 0 Å². The number of hydrogen-bond acceptors (Lipinski definition) is 0. The van der Waals surface area contributed by atoms with E-state index in [1.54, 1.807) is 0 Å². The average Bonchev–Trinajstić information content (AvgIpc) is 2.75. The average molecular weight is 682 g/mol. The van der Waals surface area contributed by atoms with Crippen molar-refractivity contribution in [2.75, 3.05) is 0 Å². The second-order valence-corrected chi connectivity index (χ2v) is 38.7. The fraction of sp³-hybridized carbons (Fsp3) is 1.00. The number of hydrogen-bond donors (Lipinski definition) is 0. The summed E-state index contributed by atoms with van der Waals surface area (Å²) in [5, 5.41) is 0. The van der Waals surface area contributed by atoms with Crippen LogP contribution in [0, 0.1) is 0 Å². The second-order valence-electron chi connectivity index (χ2n) is 9.89. The molecule has 0 aliphatic heterocycles. The Labute approximate surface area is 214 Å². The van der Waals surface area contributed by atoms with Gasteiger partial charge in [-0.25, -0.2) is 0 Å². The Morgan fingerprint density at radius 1 is 0.323 bits per heavy atom. The van der Waals surface area contributed by atoms with E-state index in [0.717, 1.165) is 0 Å². The normalized spacial score (nSPS) is 12.5. The zero-order valence-electron chi connectivity index (χ0n) is 21.5. The molecule has 0 saturated heterocycles. The molecule has 0 rings (SSSR count). The molecule has 0 spiro atoms. The molecule has 0 aromatic carbocycles. The number of rotatable bonds is 26. The molecule has 3 heteroatoms. The fourth-order valence-electron chi connectivity index (χ4n) is 4.41. The van der Waals surface area contributed by atoms with Crippen LogP contribution in [0.2, 0.25) is 8.94 Å². The summed E-state index contributed by atoms with van der Waals surface area (Å²) in [6, 6.07) is 0. The summed E-state index contributed by atoms with van der Waals surface area (Å²) in [6.07, 6.45) is 35.0. The van der Waals surface area contributed by atoms with Crippen LogP contribution in [0.25, 0.3) is 0 Å². The van der Waals surface area contributed by atoms with Gasteiger partial charge in [0.05, 0.1) is 0 Å². The van der Waals surface area contributed by atoms with Crippen LogP contribution in [-0.4, -0.2) is 13.8 Å². The first-order valence-electron chi connectivity index (χ1n) is 14.3. The Morgan fingerprint density at radius 2 is 0.516 bits per heavy atom. The number of unbranched alkanes of at least 4 members (excludes halogenated alkanes) is 22. The first-order chi connectivity index (χ1) is 15.1. The van der Waals surface area contributed by atoms with Crippen molar-refractivity contribution in [2.24, 2.45) is 0 Å². The minimum Gasteiger partial charge on any atom is -0.0654 e. The van der Waals surface area contributed by atoms with Gasteiger partial charge in [-0.05, 0) is 0 Å². The van der Waals surface area contributed by atoms with Crippen LogP contribution in [0.4, 0.5) is 0 Å². The Kier molecular flexibility index (Phi) is 27.8. The van der Waals surface area contributed by atoms with Crippen molar-refractivity contribution in [1.82, 2.24) is 0 Å². The van der Waals surface area contributed by atoms with E-state index in [-0.39, 0.29) is 0 Å². The van der Waals surface area contributed by atoms with Crippen LogP contribution in [0.1, 0.15) is 168 Å². The summed E-state index contributed by atoms with van der Waals surface area (Å²) in [6.45, 7) is 4.61. The Balaban J connectivity index is 3.29. The molecular formula is C28H58Br2Te. The predicted molar refractivity (Wildman–Crippen MR) is 155 cm³/mol. The third-order valence-corrected chi connectivity index (χ3v) is 20.3. The third-order valence-electron chi connectivity index (χ3n) is 6.59. The number of halogens is 2. The van der Waals surface area contributed by atoms with E-state index in [9.17, 15) is 0 Å². The molecule has 0 unspecified atom stereocenters. The summed E-state index contributed by atoms with van der Waals surface area (Å²) in [7, 11) is 0. The third kappa shape index (κ3) is 27.9. The van der Waals surface area contributed by atoms with Crippen LogP contribution >= 0.6 is 25.5 Å². The standard InChI is InChI=1S/C28H58Br2Te/c1-3-5-7-9-11-13-15-17-19-21-23-25-27-31(29,30)28-26-24-22-20-18-16-14-12-10-8-6-4-2/h3-28H2,1-2H3. The van der Waals surface area contributed by atoms with Gasteiger partial charge in [0.2, 0.25) is 0 Å². The van der Waals surface area contributed by atoms with Crippen molar-refractivity contribution in [3.05, 3.63) is 0 Å². The van der Waals surface area contributed by atoms with Crippen molar-refractivity contribution in [1.29, 1.82) is 0 Å². The van der Waals surface area contributed by atoms with Crippen molar-refractivity contribution < 1.29 is 0 Å². The molecule has 0 aromatic heterocycles. The quantitative estimate of drug-likeness (QED) is 0.0630. The summed E-state index contributed by atoms with van der Waals surface area (Å²) < 4.78 is 2.94. The zero-order chi connectivity index (χ0) is 22.9. The summed E-state index contributed by atoms with van der Waals surface area (Å²) >= 11 is 6.48. The van der Waals surface area contributed by atoms with Gasteiger partial charge < -0.3 is 0 Å². The SMILES string of the molecule is CCCCCCCCCCCCCC[Te](Br)(Br)CCCCCCCCCCCCCC. The predicted octanol–water partition coefficient (Wildman–Crippen LogP) is 12.6. The van der Waals surface area contributed by atoms with Crippen molar-refractivity contribution in [2.45, 2.75) is 177 Å². The molecule has 0 radical (unpaired) electrons. The van der Waals surface area contributed by atoms with Gasteiger partial charge >= 0.3 is 189 Å². The van der Waals surface area contributed by atoms with E-state index >= 15 is 0 Å². The van der Waals surface area contributed by atoms with E-state index in [2.05, 4.69) is 39.4 Å². The second kappa shape index (κ2) is 26.4. The summed E-state index contributed by atoms with van der Waals surface area (Å²) in [4.78, 5) is 0. The molecule has 190 valence electrons. The van der Waals surface area contributed by atoms with Crippen LogP contribution in [0.3, 0.4) is 0 Å². The Bertz CT molecular complexity index is 303. The minimum atomic E-state index is -1.82. The Hall–Kier alpha value is 1.75. The monoisotopic (exact) mass is 682 g/mol. The van der Waals surface area contributed by atoms with Gasteiger partial charge in [-0.15, -0.1) is 0 Å². The molecule has 0 atom stereocenters. The maximum atomic E-state index is 4.15. The van der Waals surface area contributed by atoms with Gasteiger partial charge in [0.15, 0.2) is 0 Å². The van der Waals surface area contributed by atoms with Crippen LogP contribution in [0.15, 0.2) is 0 Å². The maximum absolute atomic E-state index is 4.15. The molecule has 31 heavy (non-hydrogen) atoms. The van der Waals surface area contributed by atoms with Gasteiger partial charge in [0.25, 0.3) is 0 Å². The van der Waals surface area contributed by atoms with Crippen LogP contribution in [-0.2, 0) is 0 Å². The minimum absolute atomic E-state index is 1.37. The fourth-order valence-corrected chi connectivity index (χ4v) is 14.7. The molecular weight excluding hydrogens is 624 g/mol.